The average molecular weight is 515 g/mol. The first kappa shape index (κ1) is 24.4. The summed E-state index contributed by atoms with van der Waals surface area (Å²) in [6.45, 7) is 4.18. The van der Waals surface area contributed by atoms with Crippen molar-refractivity contribution in [2.75, 3.05) is 24.2 Å². The van der Waals surface area contributed by atoms with Gasteiger partial charge in [0.25, 0.3) is 0 Å². The van der Waals surface area contributed by atoms with Gasteiger partial charge in [0.1, 0.15) is 12.3 Å². The van der Waals surface area contributed by atoms with Crippen LogP contribution >= 0.6 is 0 Å². The molecule has 0 saturated heterocycles. The number of nitrogens with zero attached hydrogens (tertiary/aromatic N) is 2. The number of para-hydroxylation sites is 1. The van der Waals surface area contributed by atoms with Crippen LogP contribution < -0.4 is 21.2 Å². The number of hydrogen-bond acceptors (Lipinski definition) is 6. The van der Waals surface area contributed by atoms with Crippen molar-refractivity contribution < 1.29 is 13.9 Å². The SMILES string of the molecule is CC(=O)c1cn2c3c(c(NCCCc4cc(C)nc5ccccc45)c(F)c(N)c3c1=O)OCC21CCCC1. The molecule has 0 bridgehead atoms. The average Bonchev–Trinajstić information content (AvgIpc) is 3.37. The number of rotatable bonds is 6. The Morgan fingerprint density at radius 3 is 2.79 bits per heavy atom. The minimum Gasteiger partial charge on any atom is -0.487 e. The maximum atomic E-state index is 15.7. The molecule has 3 heterocycles. The van der Waals surface area contributed by atoms with Crippen LogP contribution in [-0.4, -0.2) is 28.5 Å². The number of anilines is 2. The maximum absolute atomic E-state index is 15.7. The molecule has 1 fully saturated rings. The summed E-state index contributed by atoms with van der Waals surface area (Å²) >= 11 is 0. The molecule has 0 unspecified atom stereocenters. The van der Waals surface area contributed by atoms with Gasteiger partial charge in [-0.1, -0.05) is 31.0 Å². The van der Waals surface area contributed by atoms with Gasteiger partial charge in [0.05, 0.1) is 33.2 Å². The Morgan fingerprint density at radius 1 is 1.26 bits per heavy atom. The van der Waals surface area contributed by atoms with Gasteiger partial charge in [0.2, 0.25) is 5.43 Å². The molecule has 0 radical (unpaired) electrons. The number of ketones is 1. The second-order valence-corrected chi connectivity index (χ2v) is 10.6. The van der Waals surface area contributed by atoms with Gasteiger partial charge in [0, 0.05) is 23.8 Å². The van der Waals surface area contributed by atoms with E-state index in [9.17, 15) is 9.59 Å². The minimum atomic E-state index is -0.718. The molecule has 1 saturated carbocycles. The smallest absolute Gasteiger partial charge is 0.202 e. The van der Waals surface area contributed by atoms with Crippen LogP contribution in [0.5, 0.6) is 5.75 Å². The lowest BCUT2D eigenvalue weighted by atomic mass is 9.93. The number of halogens is 1. The van der Waals surface area contributed by atoms with Crippen LogP contribution in [0.15, 0.2) is 41.3 Å². The molecule has 2 aromatic carbocycles. The largest absolute Gasteiger partial charge is 0.487 e. The Kier molecular flexibility index (Phi) is 5.85. The summed E-state index contributed by atoms with van der Waals surface area (Å²) in [5.41, 5.74) is 8.89. The van der Waals surface area contributed by atoms with Gasteiger partial charge < -0.3 is 20.4 Å². The molecule has 2 aromatic heterocycles. The van der Waals surface area contributed by atoms with Crippen LogP contribution in [0.2, 0.25) is 0 Å². The molecule has 4 aromatic rings. The number of nitrogens with one attached hydrogen (secondary N) is 1. The van der Waals surface area contributed by atoms with Gasteiger partial charge in [-0.15, -0.1) is 0 Å². The van der Waals surface area contributed by atoms with Crippen molar-refractivity contribution in [2.45, 2.75) is 57.9 Å². The lowest BCUT2D eigenvalue weighted by Gasteiger charge is -2.39. The van der Waals surface area contributed by atoms with Crippen molar-refractivity contribution in [3.8, 4) is 5.75 Å². The van der Waals surface area contributed by atoms with E-state index in [1.807, 2.05) is 29.7 Å². The summed E-state index contributed by atoms with van der Waals surface area (Å²) in [6, 6.07) is 10.2. The van der Waals surface area contributed by atoms with Gasteiger partial charge in [-0.25, -0.2) is 4.39 Å². The maximum Gasteiger partial charge on any atom is 0.202 e. The van der Waals surface area contributed by atoms with Crippen LogP contribution in [0.1, 0.15) is 60.6 Å². The molecule has 1 aliphatic heterocycles. The van der Waals surface area contributed by atoms with Crippen molar-refractivity contribution in [1.29, 1.82) is 0 Å². The molecule has 6 rings (SSSR count). The number of pyridine rings is 2. The first-order chi connectivity index (χ1) is 18.3. The van der Waals surface area contributed by atoms with Crippen LogP contribution in [0, 0.1) is 12.7 Å². The lowest BCUT2D eigenvalue weighted by Crippen LogP contribution is -2.42. The normalized spacial score (nSPS) is 15.8. The second kappa shape index (κ2) is 9.11. The lowest BCUT2D eigenvalue weighted by molar-refractivity contribution is 0.101. The number of nitrogen functional groups attached to an aromatic ring is 1. The summed E-state index contributed by atoms with van der Waals surface area (Å²) in [6.07, 6.45) is 6.93. The number of benzene rings is 2. The highest BCUT2D eigenvalue weighted by atomic mass is 19.1. The fourth-order valence-corrected chi connectivity index (χ4v) is 6.26. The van der Waals surface area contributed by atoms with Crippen LogP contribution in [-0.2, 0) is 12.0 Å². The van der Waals surface area contributed by atoms with E-state index in [4.69, 9.17) is 10.5 Å². The molecule has 0 amide bonds. The standard InChI is InChI=1S/C30H31FN4O3/c1-17-14-19(20-9-3-4-10-22(20)34-17)8-7-13-33-26-24(31)25(32)23-27-29(26)38-16-30(11-5-6-12-30)35(27)15-21(18(2)36)28(23)37/h3-4,9-10,14-15,33H,5-8,11-13,16,32H2,1-2H3. The zero-order valence-corrected chi connectivity index (χ0v) is 21.7. The summed E-state index contributed by atoms with van der Waals surface area (Å²) in [5.74, 6) is -0.784. The molecule has 8 heteroatoms. The number of aromatic nitrogens is 2. The second-order valence-electron chi connectivity index (χ2n) is 10.6. The van der Waals surface area contributed by atoms with E-state index in [2.05, 4.69) is 22.4 Å². The quantitative estimate of drug-likeness (QED) is 0.201. The topological polar surface area (TPSA) is 99.2 Å². The summed E-state index contributed by atoms with van der Waals surface area (Å²) in [7, 11) is 0. The molecule has 3 N–H and O–H groups in total. The number of carbonyl (C=O) groups excluding carboxylic acids is 1. The van der Waals surface area contributed by atoms with Crippen molar-refractivity contribution in [2.24, 2.45) is 0 Å². The third-order valence-electron chi connectivity index (χ3n) is 8.14. The summed E-state index contributed by atoms with van der Waals surface area (Å²) in [5, 5.41) is 4.36. The number of carbonyl (C=O) groups is 1. The summed E-state index contributed by atoms with van der Waals surface area (Å²) in [4.78, 5) is 30.2. The van der Waals surface area contributed by atoms with E-state index < -0.39 is 11.2 Å². The molecule has 38 heavy (non-hydrogen) atoms. The van der Waals surface area contributed by atoms with E-state index in [0.29, 0.717) is 24.4 Å². The molecule has 196 valence electrons. The first-order valence-electron chi connectivity index (χ1n) is 13.2. The van der Waals surface area contributed by atoms with Crippen molar-refractivity contribution in [1.82, 2.24) is 9.55 Å². The Labute approximate surface area is 219 Å². The number of hydrogen-bond donors (Lipinski definition) is 2. The van der Waals surface area contributed by atoms with Gasteiger partial charge in [-0.05, 0) is 57.2 Å². The van der Waals surface area contributed by atoms with E-state index in [-0.39, 0.29) is 33.6 Å². The van der Waals surface area contributed by atoms with Crippen LogP contribution in [0.25, 0.3) is 21.8 Å². The van der Waals surface area contributed by atoms with Crippen molar-refractivity contribution in [3.05, 3.63) is 69.4 Å². The Balaban J connectivity index is 1.38. The van der Waals surface area contributed by atoms with Crippen LogP contribution in [0.3, 0.4) is 0 Å². The van der Waals surface area contributed by atoms with Gasteiger partial charge >= 0.3 is 0 Å². The fourth-order valence-electron chi connectivity index (χ4n) is 6.26. The third kappa shape index (κ3) is 3.73. The predicted octanol–water partition coefficient (Wildman–Crippen LogP) is 5.49. The van der Waals surface area contributed by atoms with E-state index in [1.165, 1.54) is 12.5 Å². The van der Waals surface area contributed by atoms with E-state index >= 15 is 4.39 Å². The van der Waals surface area contributed by atoms with Crippen molar-refractivity contribution >= 4 is 39.0 Å². The third-order valence-corrected chi connectivity index (χ3v) is 8.14. The van der Waals surface area contributed by atoms with E-state index in [1.54, 1.807) is 6.20 Å². The number of nitrogens with two attached hydrogens (primary N) is 1. The number of ether oxygens (including phenoxy) is 1. The van der Waals surface area contributed by atoms with Gasteiger partial charge in [-0.3, -0.25) is 14.6 Å². The highest BCUT2D eigenvalue weighted by Crippen LogP contribution is 2.48. The van der Waals surface area contributed by atoms with E-state index in [0.717, 1.165) is 55.1 Å². The minimum absolute atomic E-state index is 0.0282. The highest BCUT2D eigenvalue weighted by molar-refractivity contribution is 6.04. The molecule has 0 atom stereocenters. The van der Waals surface area contributed by atoms with Gasteiger partial charge in [-0.2, -0.15) is 0 Å². The Morgan fingerprint density at radius 2 is 2.03 bits per heavy atom. The number of fused-ring (bicyclic) bond motifs is 2. The summed E-state index contributed by atoms with van der Waals surface area (Å²) < 4.78 is 23.9. The monoisotopic (exact) mass is 514 g/mol. The van der Waals surface area contributed by atoms with Gasteiger partial charge in [0.15, 0.2) is 17.3 Å². The Hall–Kier alpha value is -3.94. The molecule has 2 aliphatic rings. The molecule has 1 aliphatic carbocycles. The zero-order chi connectivity index (χ0) is 26.6. The number of Topliss-reactive ketones (excluding diaryl/α,β-unsaturated/α-hetero) is 1. The fraction of sp³-hybridized carbons (Fsp3) is 0.367. The first-order valence-corrected chi connectivity index (χ1v) is 13.2. The zero-order valence-electron chi connectivity index (χ0n) is 21.7. The number of aryl methyl sites for hydroxylation is 2. The molecule has 7 nitrogen and oxygen atoms in total. The predicted molar refractivity (Wildman–Crippen MR) is 148 cm³/mol. The highest BCUT2D eigenvalue weighted by Gasteiger charge is 2.42. The molecular formula is C30H31FN4O3. The van der Waals surface area contributed by atoms with Crippen LogP contribution in [0.4, 0.5) is 15.8 Å². The Bertz CT molecular complexity index is 1670. The molecular weight excluding hydrogens is 483 g/mol. The van der Waals surface area contributed by atoms with Crippen molar-refractivity contribution in [3.63, 3.8) is 0 Å². The molecule has 1 spiro atoms.